The molecule has 2 amide bonds. The minimum atomic E-state index is -0.785. The number of carbonyl (C=O) groups excluding carboxylic acids is 1. The average molecular weight is 270 g/mol. The van der Waals surface area contributed by atoms with Gasteiger partial charge >= 0.3 is 12.0 Å². The van der Waals surface area contributed by atoms with Gasteiger partial charge in [0.25, 0.3) is 0 Å². The van der Waals surface area contributed by atoms with Crippen LogP contribution in [0.15, 0.2) is 5.51 Å². The SMILES string of the molecule is O=C(O)CCC1CCN(C(=O)Nc2nncs2)C1. The fourth-order valence-corrected chi connectivity index (χ4v) is 2.41. The monoisotopic (exact) mass is 270 g/mol. The normalized spacial score (nSPS) is 18.9. The number of likely N-dealkylation sites (tertiary alicyclic amines) is 1. The lowest BCUT2D eigenvalue weighted by atomic mass is 10.0. The molecule has 1 unspecified atom stereocenters. The Balaban J connectivity index is 1.77. The summed E-state index contributed by atoms with van der Waals surface area (Å²) in [5.74, 6) is -0.506. The maximum atomic E-state index is 11.8. The number of aliphatic carboxylic acids is 1. The Morgan fingerprint density at radius 2 is 2.44 bits per heavy atom. The Labute approximate surface area is 108 Å². The molecule has 18 heavy (non-hydrogen) atoms. The van der Waals surface area contributed by atoms with Gasteiger partial charge in [0.15, 0.2) is 0 Å². The molecule has 0 aromatic carbocycles. The molecular formula is C10H14N4O3S. The van der Waals surface area contributed by atoms with Crippen molar-refractivity contribution in [2.75, 3.05) is 18.4 Å². The van der Waals surface area contributed by atoms with Gasteiger partial charge in [-0.15, -0.1) is 10.2 Å². The molecule has 7 nitrogen and oxygen atoms in total. The van der Waals surface area contributed by atoms with Crippen LogP contribution >= 0.6 is 11.3 Å². The highest BCUT2D eigenvalue weighted by atomic mass is 32.1. The first-order valence-electron chi connectivity index (χ1n) is 5.69. The van der Waals surface area contributed by atoms with E-state index in [-0.39, 0.29) is 18.4 Å². The van der Waals surface area contributed by atoms with E-state index in [9.17, 15) is 9.59 Å². The van der Waals surface area contributed by atoms with E-state index in [4.69, 9.17) is 5.11 Å². The summed E-state index contributed by atoms with van der Waals surface area (Å²) in [6.07, 6.45) is 1.64. The summed E-state index contributed by atoms with van der Waals surface area (Å²) in [7, 11) is 0. The molecule has 0 saturated carbocycles. The van der Waals surface area contributed by atoms with Crippen LogP contribution in [0.5, 0.6) is 0 Å². The lowest BCUT2D eigenvalue weighted by Crippen LogP contribution is -2.33. The highest BCUT2D eigenvalue weighted by molar-refractivity contribution is 7.13. The second kappa shape index (κ2) is 5.76. The number of amides is 2. The van der Waals surface area contributed by atoms with Crippen LogP contribution in [-0.2, 0) is 4.79 Å². The number of carboxylic acid groups (broad SMARTS) is 1. The van der Waals surface area contributed by atoms with Crippen molar-refractivity contribution in [1.29, 1.82) is 0 Å². The summed E-state index contributed by atoms with van der Waals surface area (Å²) in [5.41, 5.74) is 1.55. The quantitative estimate of drug-likeness (QED) is 0.858. The van der Waals surface area contributed by atoms with Gasteiger partial charge in [-0.25, -0.2) is 4.79 Å². The summed E-state index contributed by atoms with van der Waals surface area (Å²) < 4.78 is 0. The van der Waals surface area contributed by atoms with Crippen molar-refractivity contribution in [3.05, 3.63) is 5.51 Å². The predicted octanol–water partition coefficient (Wildman–Crippen LogP) is 1.26. The lowest BCUT2D eigenvalue weighted by Gasteiger charge is -2.15. The fourth-order valence-electron chi connectivity index (χ4n) is 1.98. The zero-order valence-electron chi connectivity index (χ0n) is 9.70. The Hall–Kier alpha value is -1.70. The van der Waals surface area contributed by atoms with Crippen LogP contribution in [-0.4, -0.2) is 45.3 Å². The predicted molar refractivity (Wildman–Crippen MR) is 65.5 cm³/mol. The van der Waals surface area contributed by atoms with Crippen LogP contribution in [0, 0.1) is 5.92 Å². The molecule has 1 atom stereocenters. The molecule has 1 aliphatic rings. The molecular weight excluding hydrogens is 256 g/mol. The highest BCUT2D eigenvalue weighted by Gasteiger charge is 2.26. The fraction of sp³-hybridized carbons (Fsp3) is 0.600. The van der Waals surface area contributed by atoms with Crippen molar-refractivity contribution in [3.8, 4) is 0 Å². The number of nitrogens with one attached hydrogen (secondary N) is 1. The van der Waals surface area contributed by atoms with E-state index in [1.807, 2.05) is 0 Å². The van der Waals surface area contributed by atoms with E-state index in [2.05, 4.69) is 15.5 Å². The third kappa shape index (κ3) is 3.39. The number of anilines is 1. The smallest absolute Gasteiger partial charge is 0.323 e. The van der Waals surface area contributed by atoms with Crippen LogP contribution in [0.2, 0.25) is 0 Å². The molecule has 1 saturated heterocycles. The Morgan fingerprint density at radius 1 is 1.61 bits per heavy atom. The van der Waals surface area contributed by atoms with Crippen molar-refractivity contribution in [2.24, 2.45) is 5.92 Å². The summed E-state index contributed by atoms with van der Waals surface area (Å²) >= 11 is 1.27. The number of carboxylic acids is 1. The first-order valence-corrected chi connectivity index (χ1v) is 6.57. The molecule has 8 heteroatoms. The summed E-state index contributed by atoms with van der Waals surface area (Å²) in [6.45, 7) is 1.27. The molecule has 0 spiro atoms. The van der Waals surface area contributed by atoms with Gasteiger partial charge in [0.1, 0.15) is 5.51 Å². The Morgan fingerprint density at radius 3 is 3.11 bits per heavy atom. The lowest BCUT2D eigenvalue weighted by molar-refractivity contribution is -0.137. The minimum Gasteiger partial charge on any atom is -0.481 e. The minimum absolute atomic E-state index is 0.163. The van der Waals surface area contributed by atoms with Crippen LogP contribution in [0.1, 0.15) is 19.3 Å². The van der Waals surface area contributed by atoms with Gasteiger partial charge in [-0.2, -0.15) is 0 Å². The van der Waals surface area contributed by atoms with Gasteiger partial charge in [-0.05, 0) is 18.8 Å². The second-order valence-corrected chi connectivity index (χ2v) is 5.04. The third-order valence-electron chi connectivity index (χ3n) is 2.91. The molecule has 2 rings (SSSR count). The van der Waals surface area contributed by atoms with Crippen LogP contribution in [0.4, 0.5) is 9.93 Å². The molecule has 0 bridgehead atoms. The molecule has 2 heterocycles. The Kier molecular flexibility index (Phi) is 4.08. The maximum absolute atomic E-state index is 11.8. The average Bonchev–Trinajstić information content (AvgIpc) is 2.96. The summed E-state index contributed by atoms with van der Waals surface area (Å²) in [4.78, 5) is 24.0. The van der Waals surface area contributed by atoms with Crippen molar-refractivity contribution >= 4 is 28.5 Å². The Bertz CT molecular complexity index is 423. The molecule has 1 fully saturated rings. The first-order chi connectivity index (χ1) is 8.65. The molecule has 98 valence electrons. The van der Waals surface area contributed by atoms with Crippen LogP contribution in [0.3, 0.4) is 0 Å². The van der Waals surface area contributed by atoms with E-state index >= 15 is 0 Å². The standard InChI is InChI=1S/C10H14N4O3S/c15-8(16)2-1-7-3-4-14(5-7)10(17)12-9-13-11-6-18-9/h6-7H,1-5H2,(H,15,16)(H,12,13,17). The molecule has 1 aromatic heterocycles. The molecule has 0 radical (unpaired) electrons. The number of urea groups is 1. The zero-order chi connectivity index (χ0) is 13.0. The number of hydrogen-bond donors (Lipinski definition) is 2. The topological polar surface area (TPSA) is 95.4 Å². The number of carbonyl (C=O) groups is 2. The largest absolute Gasteiger partial charge is 0.481 e. The second-order valence-electron chi connectivity index (χ2n) is 4.21. The molecule has 1 aromatic rings. The van der Waals surface area contributed by atoms with Gasteiger partial charge < -0.3 is 10.0 Å². The van der Waals surface area contributed by atoms with E-state index in [0.717, 1.165) is 6.42 Å². The summed E-state index contributed by atoms with van der Waals surface area (Å²) in [5, 5.41) is 19.1. The zero-order valence-corrected chi connectivity index (χ0v) is 10.5. The third-order valence-corrected chi connectivity index (χ3v) is 3.52. The molecule has 1 aliphatic heterocycles. The number of aromatic nitrogens is 2. The van der Waals surface area contributed by atoms with Crippen molar-refractivity contribution in [1.82, 2.24) is 15.1 Å². The number of rotatable bonds is 4. The van der Waals surface area contributed by atoms with Crippen LogP contribution < -0.4 is 5.32 Å². The number of nitrogens with zero attached hydrogens (tertiary/aromatic N) is 3. The van der Waals surface area contributed by atoms with Gasteiger partial charge in [-0.3, -0.25) is 10.1 Å². The van der Waals surface area contributed by atoms with Crippen molar-refractivity contribution < 1.29 is 14.7 Å². The number of hydrogen-bond acceptors (Lipinski definition) is 5. The van der Waals surface area contributed by atoms with E-state index < -0.39 is 5.97 Å². The molecule has 2 N–H and O–H groups in total. The summed E-state index contributed by atoms with van der Waals surface area (Å²) in [6, 6.07) is -0.190. The van der Waals surface area contributed by atoms with Gasteiger partial charge in [0.05, 0.1) is 0 Å². The maximum Gasteiger partial charge on any atom is 0.323 e. The molecule has 0 aliphatic carbocycles. The van der Waals surface area contributed by atoms with E-state index in [1.165, 1.54) is 11.3 Å². The van der Waals surface area contributed by atoms with Gasteiger partial charge in [0, 0.05) is 19.5 Å². The van der Waals surface area contributed by atoms with Gasteiger partial charge in [0.2, 0.25) is 5.13 Å². The van der Waals surface area contributed by atoms with E-state index in [1.54, 1.807) is 10.4 Å². The van der Waals surface area contributed by atoms with Crippen molar-refractivity contribution in [2.45, 2.75) is 19.3 Å². The van der Waals surface area contributed by atoms with Crippen molar-refractivity contribution in [3.63, 3.8) is 0 Å². The van der Waals surface area contributed by atoms with E-state index in [0.29, 0.717) is 24.6 Å². The van der Waals surface area contributed by atoms with Gasteiger partial charge in [-0.1, -0.05) is 11.3 Å². The van der Waals surface area contributed by atoms with Crippen LogP contribution in [0.25, 0.3) is 0 Å². The highest BCUT2D eigenvalue weighted by Crippen LogP contribution is 2.22. The first kappa shape index (κ1) is 12.7.